The lowest BCUT2D eigenvalue weighted by Crippen LogP contribution is -2.49. The fraction of sp³-hybridized carbons (Fsp3) is 0.346. The lowest BCUT2D eigenvalue weighted by molar-refractivity contribution is -0.384. The van der Waals surface area contributed by atoms with Crippen LogP contribution in [0.4, 0.5) is 11.4 Å². The van der Waals surface area contributed by atoms with Gasteiger partial charge in [-0.1, -0.05) is 49.8 Å². The van der Waals surface area contributed by atoms with Crippen molar-refractivity contribution >= 4 is 34.5 Å². The van der Waals surface area contributed by atoms with Crippen LogP contribution in [0.5, 0.6) is 0 Å². The van der Waals surface area contributed by atoms with Crippen LogP contribution in [0.3, 0.4) is 0 Å². The van der Waals surface area contributed by atoms with Crippen LogP contribution in [-0.2, 0) is 9.59 Å². The zero-order valence-electron chi connectivity index (χ0n) is 19.0. The number of imide groups is 1. The highest BCUT2D eigenvalue weighted by molar-refractivity contribution is 6.14. The van der Waals surface area contributed by atoms with Gasteiger partial charge < -0.3 is 4.90 Å². The molecule has 0 spiro atoms. The molecule has 0 saturated carbocycles. The Bertz CT molecular complexity index is 1250. The number of amides is 2. The Morgan fingerprint density at radius 2 is 1.79 bits per heavy atom. The van der Waals surface area contributed by atoms with Crippen molar-refractivity contribution in [3.63, 3.8) is 0 Å². The van der Waals surface area contributed by atoms with Gasteiger partial charge in [-0.15, -0.1) is 0 Å². The molecule has 2 saturated heterocycles. The summed E-state index contributed by atoms with van der Waals surface area (Å²) in [6.45, 7) is 4.30. The fourth-order valence-corrected chi connectivity index (χ4v) is 5.64. The topological polar surface area (TPSA) is 101 Å². The largest absolute Gasteiger partial charge is 0.352 e. The average Bonchev–Trinajstić information content (AvgIpc) is 3.30. The minimum atomic E-state index is -0.925. The van der Waals surface area contributed by atoms with Gasteiger partial charge in [0.15, 0.2) is 5.78 Å². The molecule has 0 aromatic heterocycles. The number of non-ortho nitro benzene ring substituents is 1. The van der Waals surface area contributed by atoms with Crippen LogP contribution in [0, 0.1) is 22.0 Å². The van der Waals surface area contributed by atoms with Crippen molar-refractivity contribution in [2.75, 3.05) is 11.4 Å². The minimum absolute atomic E-state index is 0.162. The minimum Gasteiger partial charge on any atom is -0.352 e. The molecule has 174 valence electrons. The van der Waals surface area contributed by atoms with Crippen LogP contribution < -0.4 is 4.90 Å². The molecule has 2 fully saturated rings. The smallest absolute Gasteiger partial charge is 0.270 e. The number of benzene rings is 2. The lowest BCUT2D eigenvalue weighted by Gasteiger charge is -2.38. The van der Waals surface area contributed by atoms with Crippen molar-refractivity contribution in [2.45, 2.75) is 38.8 Å². The molecule has 3 aliphatic heterocycles. The quantitative estimate of drug-likeness (QED) is 0.281. The number of ketones is 1. The number of Topliss-reactive ketones (excluding diaryl/α,β-unsaturated/α-hetero) is 1. The highest BCUT2D eigenvalue weighted by atomic mass is 16.6. The molecule has 0 bridgehead atoms. The van der Waals surface area contributed by atoms with Gasteiger partial charge in [0.25, 0.3) is 5.69 Å². The molecule has 2 amide bonds. The van der Waals surface area contributed by atoms with E-state index in [-0.39, 0.29) is 28.8 Å². The Morgan fingerprint density at radius 3 is 2.53 bits per heavy atom. The van der Waals surface area contributed by atoms with E-state index in [0.29, 0.717) is 13.0 Å². The summed E-state index contributed by atoms with van der Waals surface area (Å²) in [5.41, 5.74) is 2.70. The SMILES string of the molecule is CCCCN1C(=O)[C@@H]2[C@H](C1=O)[C@H]1C=C(C)c3ccccc3N1[C@@H]2C(=O)c1cccc([N+](=O)[O-])c1. The molecule has 0 radical (unpaired) electrons. The van der Waals surface area contributed by atoms with E-state index in [1.165, 1.54) is 29.2 Å². The molecule has 2 aromatic carbocycles. The average molecular weight is 460 g/mol. The highest BCUT2D eigenvalue weighted by Gasteiger charge is 2.64. The van der Waals surface area contributed by atoms with E-state index in [1.54, 1.807) is 0 Å². The number of allylic oxidation sites excluding steroid dienone is 1. The number of carbonyl (C=O) groups is 3. The standard InChI is InChI=1S/C26H25N3O5/c1-3-4-12-27-25(31)21-20-13-15(2)18-10-5-6-11-19(18)28(20)23(22(21)26(27)32)24(30)16-8-7-9-17(14-16)29(33)34/h5-11,13-14,20-23H,3-4,12H2,1-2H3/t20-,21-,22-,23+/m1/s1. The van der Waals surface area contributed by atoms with Gasteiger partial charge in [-0.2, -0.15) is 0 Å². The van der Waals surface area contributed by atoms with Gasteiger partial charge in [0.05, 0.1) is 22.8 Å². The third-order valence-electron chi connectivity index (χ3n) is 7.19. The number of para-hydroxylation sites is 1. The predicted molar refractivity (Wildman–Crippen MR) is 126 cm³/mol. The van der Waals surface area contributed by atoms with Crippen LogP contribution in [0.2, 0.25) is 0 Å². The molecule has 0 N–H and O–H groups in total. The summed E-state index contributed by atoms with van der Waals surface area (Å²) in [5, 5.41) is 11.3. The van der Waals surface area contributed by atoms with Crippen LogP contribution in [0.1, 0.15) is 42.6 Å². The molecule has 34 heavy (non-hydrogen) atoms. The fourth-order valence-electron chi connectivity index (χ4n) is 5.64. The van der Waals surface area contributed by atoms with Crippen LogP contribution in [0.15, 0.2) is 54.6 Å². The molecular weight excluding hydrogens is 434 g/mol. The van der Waals surface area contributed by atoms with Gasteiger partial charge in [-0.3, -0.25) is 29.4 Å². The Balaban J connectivity index is 1.65. The maximum atomic E-state index is 13.9. The summed E-state index contributed by atoms with van der Waals surface area (Å²) in [7, 11) is 0. The van der Waals surface area contributed by atoms with Gasteiger partial charge >= 0.3 is 0 Å². The zero-order valence-corrected chi connectivity index (χ0v) is 19.0. The second kappa shape index (κ2) is 8.20. The second-order valence-corrected chi connectivity index (χ2v) is 9.11. The molecular formula is C26H25N3O5. The van der Waals surface area contributed by atoms with Gasteiger partial charge in [-0.05, 0) is 25.0 Å². The number of nitrogens with zero attached hydrogens (tertiary/aromatic N) is 3. The van der Waals surface area contributed by atoms with Gasteiger partial charge in [-0.25, -0.2) is 0 Å². The maximum absolute atomic E-state index is 13.9. The number of hydrogen-bond donors (Lipinski definition) is 0. The second-order valence-electron chi connectivity index (χ2n) is 9.11. The molecule has 8 heteroatoms. The first-order valence-electron chi connectivity index (χ1n) is 11.5. The van der Waals surface area contributed by atoms with E-state index >= 15 is 0 Å². The number of rotatable bonds is 6. The van der Waals surface area contributed by atoms with Crippen molar-refractivity contribution in [3.05, 3.63) is 75.8 Å². The van der Waals surface area contributed by atoms with Gasteiger partial charge in [0, 0.05) is 35.5 Å². The van der Waals surface area contributed by atoms with Gasteiger partial charge in [0.2, 0.25) is 11.8 Å². The van der Waals surface area contributed by atoms with Crippen molar-refractivity contribution in [2.24, 2.45) is 11.8 Å². The van der Waals surface area contributed by atoms with Crippen LogP contribution in [0.25, 0.3) is 5.57 Å². The van der Waals surface area contributed by atoms with E-state index in [4.69, 9.17) is 0 Å². The molecule has 3 aliphatic rings. The summed E-state index contributed by atoms with van der Waals surface area (Å²) in [6.07, 6.45) is 3.52. The number of unbranched alkanes of at least 4 members (excludes halogenated alkanes) is 1. The third kappa shape index (κ3) is 3.16. The maximum Gasteiger partial charge on any atom is 0.270 e. The zero-order chi connectivity index (χ0) is 24.1. The number of fused-ring (bicyclic) bond motifs is 5. The summed E-state index contributed by atoms with van der Waals surface area (Å²) >= 11 is 0. The Labute approximate surface area is 197 Å². The number of anilines is 1. The normalized spacial score (nSPS) is 25.1. The summed E-state index contributed by atoms with van der Waals surface area (Å²) in [4.78, 5) is 54.9. The van der Waals surface area contributed by atoms with Crippen LogP contribution >= 0.6 is 0 Å². The number of likely N-dealkylation sites (tertiary alicyclic amines) is 1. The highest BCUT2D eigenvalue weighted by Crippen LogP contribution is 2.50. The lowest BCUT2D eigenvalue weighted by atomic mass is 9.85. The van der Waals surface area contributed by atoms with E-state index < -0.39 is 28.8 Å². The van der Waals surface area contributed by atoms with E-state index in [9.17, 15) is 24.5 Å². The van der Waals surface area contributed by atoms with Crippen molar-refractivity contribution in [1.82, 2.24) is 4.90 Å². The first-order valence-corrected chi connectivity index (χ1v) is 11.5. The molecule has 5 rings (SSSR count). The predicted octanol–water partition coefficient (Wildman–Crippen LogP) is 3.85. The first-order chi connectivity index (χ1) is 16.3. The summed E-state index contributed by atoms with van der Waals surface area (Å²) < 4.78 is 0. The molecule has 2 aromatic rings. The molecule has 0 aliphatic carbocycles. The third-order valence-corrected chi connectivity index (χ3v) is 7.19. The van der Waals surface area contributed by atoms with Crippen LogP contribution in [-0.4, -0.2) is 46.0 Å². The van der Waals surface area contributed by atoms with E-state index in [0.717, 1.165) is 23.2 Å². The number of carbonyl (C=O) groups excluding carboxylic acids is 3. The van der Waals surface area contributed by atoms with Gasteiger partial charge in [0.1, 0.15) is 6.04 Å². The monoisotopic (exact) mass is 459 g/mol. The first kappa shape index (κ1) is 22.0. The summed E-state index contributed by atoms with van der Waals surface area (Å²) in [5.74, 6) is -2.46. The number of nitro groups is 1. The Hall–Kier alpha value is -3.81. The molecule has 8 nitrogen and oxygen atoms in total. The molecule has 4 atom stereocenters. The van der Waals surface area contributed by atoms with E-state index in [1.807, 2.05) is 49.1 Å². The Morgan fingerprint density at radius 1 is 1.06 bits per heavy atom. The van der Waals surface area contributed by atoms with E-state index in [2.05, 4.69) is 0 Å². The Kier molecular flexibility index (Phi) is 5.31. The molecule has 0 unspecified atom stereocenters. The summed E-state index contributed by atoms with van der Waals surface area (Å²) in [6, 6.07) is 11.9. The van der Waals surface area contributed by atoms with Crippen molar-refractivity contribution in [1.29, 1.82) is 0 Å². The molecule has 3 heterocycles. The van der Waals surface area contributed by atoms with Crippen molar-refractivity contribution in [3.8, 4) is 0 Å². The van der Waals surface area contributed by atoms with Crippen molar-refractivity contribution < 1.29 is 19.3 Å². The number of nitro benzene ring substituents is 1. The number of hydrogen-bond acceptors (Lipinski definition) is 6.